The fraction of sp³-hybridized carbons (Fsp3) is 0.217. The van der Waals surface area contributed by atoms with Crippen molar-refractivity contribution in [2.24, 2.45) is 7.05 Å². The van der Waals surface area contributed by atoms with Crippen LogP contribution in [0.15, 0.2) is 59.3 Å². The molecular formula is C23H24N6O3. The molecule has 2 N–H and O–H groups in total. The Morgan fingerprint density at radius 1 is 1.09 bits per heavy atom. The SMILES string of the molecule is Cc1cc(C)n(Cc2cccc(C(=O)Nc3cnn(C)c3C(=O)NCc3ccco3)c2)n1. The predicted octanol–water partition coefficient (Wildman–Crippen LogP) is 3.06. The van der Waals surface area contributed by atoms with Crippen LogP contribution < -0.4 is 10.6 Å². The van der Waals surface area contributed by atoms with Crippen molar-refractivity contribution >= 4 is 17.5 Å². The van der Waals surface area contributed by atoms with Gasteiger partial charge in [0.1, 0.15) is 11.5 Å². The van der Waals surface area contributed by atoms with Crippen LogP contribution in [0.3, 0.4) is 0 Å². The molecule has 2 amide bonds. The summed E-state index contributed by atoms with van der Waals surface area (Å²) < 4.78 is 8.55. The summed E-state index contributed by atoms with van der Waals surface area (Å²) in [5.74, 6) is -0.0613. The van der Waals surface area contributed by atoms with Crippen molar-refractivity contribution in [2.45, 2.75) is 26.9 Å². The Morgan fingerprint density at radius 2 is 1.94 bits per heavy atom. The molecule has 0 spiro atoms. The molecule has 0 aliphatic carbocycles. The lowest BCUT2D eigenvalue weighted by Gasteiger charge is -2.10. The Morgan fingerprint density at radius 3 is 2.66 bits per heavy atom. The summed E-state index contributed by atoms with van der Waals surface area (Å²) in [5, 5.41) is 14.2. The maximum absolute atomic E-state index is 12.9. The number of furan rings is 1. The molecule has 0 saturated carbocycles. The van der Waals surface area contributed by atoms with Crippen molar-refractivity contribution in [1.82, 2.24) is 24.9 Å². The van der Waals surface area contributed by atoms with Crippen LogP contribution in [0.25, 0.3) is 0 Å². The number of aryl methyl sites for hydroxylation is 3. The number of benzene rings is 1. The number of hydrogen-bond donors (Lipinski definition) is 2. The molecule has 0 aliphatic heterocycles. The fourth-order valence-corrected chi connectivity index (χ4v) is 3.48. The van der Waals surface area contributed by atoms with E-state index in [1.807, 2.05) is 42.8 Å². The highest BCUT2D eigenvalue weighted by Gasteiger charge is 2.19. The summed E-state index contributed by atoms with van der Waals surface area (Å²) in [7, 11) is 1.65. The van der Waals surface area contributed by atoms with E-state index in [2.05, 4.69) is 20.8 Å². The van der Waals surface area contributed by atoms with E-state index in [1.165, 1.54) is 10.9 Å². The van der Waals surface area contributed by atoms with Gasteiger partial charge < -0.3 is 15.1 Å². The van der Waals surface area contributed by atoms with Gasteiger partial charge in [-0.1, -0.05) is 12.1 Å². The van der Waals surface area contributed by atoms with Crippen LogP contribution in [0.2, 0.25) is 0 Å². The first-order valence-electron chi connectivity index (χ1n) is 10.1. The molecule has 0 bridgehead atoms. The van der Waals surface area contributed by atoms with Crippen LogP contribution >= 0.6 is 0 Å². The lowest BCUT2D eigenvalue weighted by atomic mass is 10.1. The highest BCUT2D eigenvalue weighted by atomic mass is 16.3. The predicted molar refractivity (Wildman–Crippen MR) is 118 cm³/mol. The average Bonchev–Trinajstić information content (AvgIpc) is 3.48. The molecule has 0 unspecified atom stereocenters. The second-order valence-electron chi connectivity index (χ2n) is 7.53. The largest absolute Gasteiger partial charge is 0.467 e. The van der Waals surface area contributed by atoms with Gasteiger partial charge in [0.15, 0.2) is 0 Å². The van der Waals surface area contributed by atoms with Crippen molar-refractivity contribution in [3.05, 3.63) is 88.9 Å². The number of nitrogens with zero attached hydrogens (tertiary/aromatic N) is 4. The van der Waals surface area contributed by atoms with Crippen molar-refractivity contribution in [3.63, 3.8) is 0 Å². The highest BCUT2D eigenvalue weighted by molar-refractivity contribution is 6.08. The zero-order chi connectivity index (χ0) is 22.7. The number of nitrogens with one attached hydrogen (secondary N) is 2. The smallest absolute Gasteiger partial charge is 0.272 e. The van der Waals surface area contributed by atoms with E-state index in [-0.39, 0.29) is 24.1 Å². The quantitative estimate of drug-likeness (QED) is 0.467. The summed E-state index contributed by atoms with van der Waals surface area (Å²) in [6.45, 7) is 4.74. The second-order valence-corrected chi connectivity index (χ2v) is 7.53. The Labute approximate surface area is 185 Å². The van der Waals surface area contributed by atoms with E-state index in [0.29, 0.717) is 23.6 Å². The summed E-state index contributed by atoms with van der Waals surface area (Å²) in [5.41, 5.74) is 4.02. The van der Waals surface area contributed by atoms with E-state index in [1.54, 1.807) is 31.5 Å². The molecule has 0 aliphatic rings. The molecule has 1 aromatic carbocycles. The van der Waals surface area contributed by atoms with Gasteiger partial charge in [0, 0.05) is 18.3 Å². The Kier molecular flexibility index (Phi) is 5.89. The van der Waals surface area contributed by atoms with Gasteiger partial charge in [-0.3, -0.25) is 19.0 Å². The minimum absolute atomic E-state index is 0.235. The van der Waals surface area contributed by atoms with Gasteiger partial charge in [-0.15, -0.1) is 0 Å². The van der Waals surface area contributed by atoms with Crippen LogP contribution in [0.1, 0.15) is 43.6 Å². The fourth-order valence-electron chi connectivity index (χ4n) is 3.48. The Bertz CT molecular complexity index is 1250. The monoisotopic (exact) mass is 432 g/mol. The van der Waals surface area contributed by atoms with Crippen LogP contribution in [-0.2, 0) is 20.1 Å². The Balaban J connectivity index is 1.47. The molecular weight excluding hydrogens is 408 g/mol. The average molecular weight is 432 g/mol. The molecule has 32 heavy (non-hydrogen) atoms. The van der Waals surface area contributed by atoms with Crippen LogP contribution in [0, 0.1) is 13.8 Å². The van der Waals surface area contributed by atoms with Crippen LogP contribution in [-0.4, -0.2) is 31.4 Å². The minimum Gasteiger partial charge on any atom is -0.467 e. The molecule has 164 valence electrons. The minimum atomic E-state index is -0.366. The molecule has 4 aromatic rings. The van der Waals surface area contributed by atoms with Gasteiger partial charge in [0.05, 0.1) is 36.9 Å². The number of hydrogen-bond acceptors (Lipinski definition) is 5. The molecule has 9 nitrogen and oxygen atoms in total. The molecule has 0 radical (unpaired) electrons. The van der Waals surface area contributed by atoms with Gasteiger partial charge in [-0.25, -0.2) is 0 Å². The van der Waals surface area contributed by atoms with E-state index < -0.39 is 0 Å². The molecule has 3 heterocycles. The standard InChI is InChI=1S/C23H24N6O3/c1-15-10-16(2)29(27-15)14-17-6-4-7-18(11-17)22(30)26-20-13-25-28(3)21(20)23(31)24-12-19-8-5-9-32-19/h4-11,13H,12,14H2,1-3H3,(H,24,31)(H,26,30). The molecule has 3 aromatic heterocycles. The lowest BCUT2D eigenvalue weighted by molar-refractivity contribution is 0.0939. The summed E-state index contributed by atoms with van der Waals surface area (Å²) in [6.07, 6.45) is 3.00. The van der Waals surface area contributed by atoms with Gasteiger partial charge in [-0.2, -0.15) is 10.2 Å². The number of rotatable bonds is 7. The van der Waals surface area contributed by atoms with Crippen molar-refractivity contribution < 1.29 is 14.0 Å². The number of anilines is 1. The van der Waals surface area contributed by atoms with Gasteiger partial charge >= 0.3 is 0 Å². The molecule has 4 rings (SSSR count). The first-order valence-corrected chi connectivity index (χ1v) is 10.1. The van der Waals surface area contributed by atoms with E-state index in [0.717, 1.165) is 17.0 Å². The lowest BCUT2D eigenvalue weighted by Crippen LogP contribution is -2.26. The maximum Gasteiger partial charge on any atom is 0.272 e. The van der Waals surface area contributed by atoms with E-state index in [4.69, 9.17) is 4.42 Å². The number of aromatic nitrogens is 4. The van der Waals surface area contributed by atoms with Crippen molar-refractivity contribution in [1.29, 1.82) is 0 Å². The molecule has 0 atom stereocenters. The van der Waals surface area contributed by atoms with E-state index >= 15 is 0 Å². The first kappa shape index (κ1) is 21.1. The summed E-state index contributed by atoms with van der Waals surface area (Å²) in [4.78, 5) is 25.6. The first-order chi connectivity index (χ1) is 15.4. The third-order valence-electron chi connectivity index (χ3n) is 5.03. The molecule has 0 fully saturated rings. The maximum atomic E-state index is 12.9. The van der Waals surface area contributed by atoms with Crippen LogP contribution in [0.5, 0.6) is 0 Å². The third-order valence-corrected chi connectivity index (χ3v) is 5.03. The van der Waals surface area contributed by atoms with Gasteiger partial charge in [0.2, 0.25) is 0 Å². The van der Waals surface area contributed by atoms with Crippen LogP contribution in [0.4, 0.5) is 5.69 Å². The second kappa shape index (κ2) is 8.93. The normalized spacial score (nSPS) is 10.8. The van der Waals surface area contributed by atoms with Gasteiger partial charge in [0.25, 0.3) is 11.8 Å². The van der Waals surface area contributed by atoms with Crippen molar-refractivity contribution in [2.75, 3.05) is 5.32 Å². The highest BCUT2D eigenvalue weighted by Crippen LogP contribution is 2.17. The van der Waals surface area contributed by atoms with Crippen molar-refractivity contribution in [3.8, 4) is 0 Å². The topological polar surface area (TPSA) is 107 Å². The number of carbonyl (C=O) groups excluding carboxylic acids is 2. The number of amides is 2. The number of carbonyl (C=O) groups is 2. The molecule has 9 heteroatoms. The zero-order valence-electron chi connectivity index (χ0n) is 18.1. The summed E-state index contributed by atoms with van der Waals surface area (Å²) >= 11 is 0. The zero-order valence-corrected chi connectivity index (χ0v) is 18.1. The van der Waals surface area contributed by atoms with E-state index in [9.17, 15) is 9.59 Å². The third kappa shape index (κ3) is 4.61. The Hall–Kier alpha value is -4.14. The summed E-state index contributed by atoms with van der Waals surface area (Å²) in [6, 6.07) is 12.9. The van der Waals surface area contributed by atoms with Gasteiger partial charge in [-0.05, 0) is 49.7 Å². The molecule has 0 saturated heterocycles.